The summed E-state index contributed by atoms with van der Waals surface area (Å²) >= 11 is 20.6. The number of hydrogen-bond acceptors (Lipinski definition) is 10. The number of aromatic nitrogens is 2. The minimum Gasteiger partial charge on any atom is -0.872 e. The van der Waals surface area contributed by atoms with Crippen molar-refractivity contribution < 1.29 is 84.3 Å². The quantitative estimate of drug-likeness (QED) is 0.0492. The molecule has 0 saturated heterocycles. The molecule has 2 aromatic heterocycles. The van der Waals surface area contributed by atoms with Crippen LogP contribution in [0.15, 0.2) is 140 Å². The number of halogens is 7. The number of benzene rings is 4. The summed E-state index contributed by atoms with van der Waals surface area (Å²) in [6.45, 7) is 0. The summed E-state index contributed by atoms with van der Waals surface area (Å²) in [5.74, 6) is 1.97. The molecule has 0 unspecified atom stereocenters. The van der Waals surface area contributed by atoms with Gasteiger partial charge in [0.15, 0.2) is 0 Å². The second kappa shape index (κ2) is 31.0. The number of sulfonamides is 2. The molecule has 61 heavy (non-hydrogen) atoms. The van der Waals surface area contributed by atoms with Gasteiger partial charge in [-0.1, -0.05) is 140 Å². The zero-order valence-corrected chi connectivity index (χ0v) is 49.6. The molecule has 6 rings (SSSR count). The van der Waals surface area contributed by atoms with E-state index in [0.717, 1.165) is 33.7 Å². The first-order valence-corrected chi connectivity index (χ1v) is 26.2. The molecule has 0 bridgehead atoms. The van der Waals surface area contributed by atoms with Crippen molar-refractivity contribution >= 4 is 154 Å². The predicted molar refractivity (Wildman–Crippen MR) is 273 cm³/mol. The van der Waals surface area contributed by atoms with Gasteiger partial charge in [0.2, 0.25) is 25.9 Å². The van der Waals surface area contributed by atoms with E-state index in [0.29, 0.717) is 14.7 Å². The summed E-state index contributed by atoms with van der Waals surface area (Å²) in [6.07, 6.45) is 2.83. The second-order valence-electron chi connectivity index (χ2n) is 10.9. The number of methoxy groups -OCH3 is 2. The molecule has 0 aliphatic heterocycles. The van der Waals surface area contributed by atoms with E-state index in [2.05, 4.69) is 115 Å². The van der Waals surface area contributed by atoms with Crippen LogP contribution in [0.1, 0.15) is 0 Å². The fraction of sp³-hybridized carbons (Fsp3) is 0.0789. The van der Waals surface area contributed by atoms with Gasteiger partial charge in [0.1, 0.15) is 32.1 Å². The molecule has 0 saturated carbocycles. The van der Waals surface area contributed by atoms with Crippen LogP contribution in [0.3, 0.4) is 0 Å². The summed E-state index contributed by atoms with van der Waals surface area (Å²) in [7, 11) is -4.52. The molecule has 0 fully saturated rings. The first kappa shape index (κ1) is 61.0. The minimum atomic E-state index is -3.98. The van der Waals surface area contributed by atoms with E-state index in [4.69, 9.17) is 36.1 Å². The Balaban J connectivity index is 0.000000877. The van der Waals surface area contributed by atoms with Crippen LogP contribution >= 0.6 is 134 Å². The topological polar surface area (TPSA) is 197 Å². The first-order chi connectivity index (χ1) is 27.8. The van der Waals surface area contributed by atoms with Gasteiger partial charge in [0, 0.05) is 39.9 Å². The third kappa shape index (κ3) is 22.8. The van der Waals surface area contributed by atoms with Gasteiger partial charge < -0.3 is 41.9 Å². The van der Waals surface area contributed by atoms with Crippen molar-refractivity contribution in [3.63, 3.8) is 0 Å². The number of primary sulfonamides is 2. The monoisotopic (exact) mass is 1510 g/mol. The van der Waals surface area contributed by atoms with Gasteiger partial charge in [-0.3, -0.25) is 4.93 Å². The van der Waals surface area contributed by atoms with Gasteiger partial charge >= 0.3 is 29.6 Å². The molecule has 0 amide bonds. The number of hydrogen-bond donors (Lipinski definition) is 2. The average Bonchev–Trinajstić information content (AvgIpc) is 3.20. The Morgan fingerprint density at radius 3 is 1.48 bits per heavy atom. The maximum Gasteiger partial charge on any atom is 1.00 e. The van der Waals surface area contributed by atoms with E-state index in [1.807, 2.05) is 89.3 Å². The molecule has 12 nitrogen and oxygen atoms in total. The third-order valence-electron chi connectivity index (χ3n) is 6.90. The molecule has 0 atom stereocenters. The van der Waals surface area contributed by atoms with Crippen LogP contribution in [0.25, 0.3) is 22.3 Å². The molecule has 6 aromatic rings. The largest absolute Gasteiger partial charge is 1.00 e. The van der Waals surface area contributed by atoms with E-state index in [1.54, 1.807) is 44.6 Å². The third-order valence-corrected chi connectivity index (χ3v) is 10.0. The van der Waals surface area contributed by atoms with Crippen LogP contribution < -0.4 is 59.2 Å². The second-order valence-corrected chi connectivity index (χ2v) is 27.0. The fourth-order valence-corrected chi connectivity index (χ4v) is 6.98. The van der Waals surface area contributed by atoms with E-state index >= 15 is 0 Å². The molecule has 0 spiro atoms. The summed E-state index contributed by atoms with van der Waals surface area (Å²) in [4.78, 5) is 10.5. The van der Waals surface area contributed by atoms with Crippen LogP contribution in [-0.2, 0) is 38.6 Å². The van der Waals surface area contributed by atoms with Crippen molar-refractivity contribution in [2.45, 2.75) is 9.73 Å². The number of alkyl halides is 3. The molecular weight excluding hydrogens is 1480 g/mol. The molecule has 0 aliphatic carbocycles. The van der Waals surface area contributed by atoms with Gasteiger partial charge in [-0.25, -0.2) is 37.1 Å². The molecule has 1 radical (unpaired) electrons. The number of nitrogens with zero attached hydrogens (tertiary/aromatic N) is 2. The van der Waals surface area contributed by atoms with E-state index < -0.39 is 20.0 Å². The maximum atomic E-state index is 11.8. The Bertz CT molecular complexity index is 2490. The Labute approximate surface area is 466 Å². The minimum absolute atomic E-state index is 0. The number of rotatable bonds is 8. The van der Waals surface area contributed by atoms with E-state index in [-0.39, 0.29) is 74.7 Å². The smallest absolute Gasteiger partial charge is 0.872 e. The van der Waals surface area contributed by atoms with Gasteiger partial charge in [-0.05, 0) is 103 Å². The van der Waals surface area contributed by atoms with Crippen LogP contribution in [0.4, 0.5) is 0 Å². The normalized spacial score (nSPS) is 10.2. The van der Waals surface area contributed by atoms with Crippen molar-refractivity contribution in [1.29, 1.82) is 0 Å². The SMILES string of the molecule is COc1ccc(-c2cccc(Oc3ncc(Br)cc3S(N)(=O)=O)c2)cc1.COc1ccc(-c2cccc([O-])c2)cc1.IC(I)I.NS(=O)(=O)c1cc(Br)cnc1Cl.[CH2-]I.[Na+].[V]. The van der Waals surface area contributed by atoms with Crippen molar-refractivity contribution in [1.82, 2.24) is 9.97 Å². The average molecular weight is 1510 g/mol. The Hall–Kier alpha value is -0.0456. The van der Waals surface area contributed by atoms with Crippen LogP contribution in [0.5, 0.6) is 28.9 Å². The van der Waals surface area contributed by atoms with Crippen LogP contribution in [-0.4, -0.2) is 41.0 Å². The van der Waals surface area contributed by atoms with Gasteiger partial charge in [0.05, 0.1) is 14.2 Å². The first-order valence-electron chi connectivity index (χ1n) is 15.9. The summed E-state index contributed by atoms with van der Waals surface area (Å²) in [5, 5.41) is 21.1. The number of nitrogens with two attached hydrogens (primary N) is 2. The number of pyridine rings is 2. The molecule has 0 aliphatic rings. The molecule has 4 N–H and O–H groups in total. The standard InChI is InChI=1S/C18H15BrN2O4S.C13H12O2.C5H4BrClN2O2S.CHI3.CH2I.Na.V/c1-24-15-7-5-12(6-8-15)13-3-2-4-16(9-13)25-18-17(26(20,22)23)10-14(19)11-21-18;1-15-13-7-5-10(6-8-13)11-3-2-4-12(14)9-11;6-3-1-4(12(8,10)11)5(7)9-2-3;2-1(3)4;1-2;;/h2-11H,1H3,(H2,20,22,23);2-9,14H,1H3;1-2H,(H2,8,10,11);1H;1H2;;/q;;;;-1;+1;/p-1. The van der Waals surface area contributed by atoms with Crippen LogP contribution in [0, 0.1) is 4.93 Å². The van der Waals surface area contributed by atoms with E-state index in [9.17, 15) is 21.9 Å². The van der Waals surface area contributed by atoms with Crippen molar-refractivity contribution in [3.8, 4) is 51.1 Å². The zero-order valence-electron chi connectivity index (χ0n) is 32.1. The summed E-state index contributed by atoms with van der Waals surface area (Å²) in [6, 6.07) is 31.9. The number of ether oxygens (including phenoxy) is 3. The molecule has 23 heteroatoms. The Kier molecular flexibility index (Phi) is 31.0. The van der Waals surface area contributed by atoms with Gasteiger partial charge in [0.25, 0.3) is 0 Å². The molecule has 321 valence electrons. The zero-order chi connectivity index (χ0) is 44.3. The van der Waals surface area contributed by atoms with Crippen molar-refractivity contribution in [2.24, 2.45) is 10.3 Å². The van der Waals surface area contributed by atoms with Gasteiger partial charge in [-0.15, -0.1) is 5.75 Å². The summed E-state index contributed by atoms with van der Waals surface area (Å²) < 4.78 is 62.9. The molecular formula is C38H33Br2ClI4N4NaO8S2V-. The van der Waals surface area contributed by atoms with Crippen molar-refractivity contribution in [2.75, 3.05) is 14.2 Å². The van der Waals surface area contributed by atoms with E-state index in [1.165, 1.54) is 24.5 Å². The maximum absolute atomic E-state index is 11.8. The predicted octanol–water partition coefficient (Wildman–Crippen LogP) is 8.33. The Morgan fingerprint density at radius 2 is 1.07 bits per heavy atom. The summed E-state index contributed by atoms with van der Waals surface area (Å²) in [5.41, 5.74) is 3.82. The van der Waals surface area contributed by atoms with Crippen LogP contribution in [0.2, 0.25) is 5.15 Å². The Morgan fingerprint density at radius 1 is 0.656 bits per heavy atom. The molecule has 2 heterocycles. The molecule has 4 aromatic carbocycles. The van der Waals surface area contributed by atoms with Crippen molar-refractivity contribution in [3.05, 3.63) is 141 Å². The van der Waals surface area contributed by atoms with Gasteiger partial charge in [-0.2, -0.15) is 0 Å². The fourth-order valence-electron chi connectivity index (χ4n) is 4.39.